The Morgan fingerprint density at radius 2 is 1.58 bits per heavy atom. The van der Waals surface area contributed by atoms with Crippen molar-refractivity contribution in [3.05, 3.63) is 42.0 Å². The number of benzene rings is 2. The monoisotopic (exact) mass is 267 g/mol. The molecule has 0 radical (unpaired) electrons. The average Bonchev–Trinajstić information content (AvgIpc) is 2.35. The van der Waals surface area contributed by atoms with Crippen LogP contribution in [0.25, 0.3) is 10.8 Å². The SMILES string of the molecule is CN(C)c1ccc(C(=O)C(F)(F)F)c2ccccc12. The van der Waals surface area contributed by atoms with E-state index in [0.29, 0.717) is 10.8 Å². The van der Waals surface area contributed by atoms with Crippen LogP contribution < -0.4 is 4.90 Å². The quantitative estimate of drug-likeness (QED) is 0.774. The Hall–Kier alpha value is -2.04. The molecule has 19 heavy (non-hydrogen) atoms. The molecule has 0 saturated carbocycles. The van der Waals surface area contributed by atoms with Gasteiger partial charge in [0.2, 0.25) is 0 Å². The van der Waals surface area contributed by atoms with Gasteiger partial charge in [0.05, 0.1) is 0 Å². The van der Waals surface area contributed by atoms with Gasteiger partial charge in [-0.3, -0.25) is 4.79 Å². The molecule has 2 rings (SSSR count). The number of Topliss-reactive ketones (excluding diaryl/α,β-unsaturated/α-hetero) is 1. The van der Waals surface area contributed by atoms with Crippen molar-refractivity contribution < 1.29 is 18.0 Å². The Kier molecular flexibility index (Phi) is 3.22. The predicted molar refractivity (Wildman–Crippen MR) is 68.7 cm³/mol. The van der Waals surface area contributed by atoms with Gasteiger partial charge in [0.15, 0.2) is 0 Å². The van der Waals surface area contributed by atoms with Gasteiger partial charge in [0, 0.05) is 30.7 Å². The second-order valence-corrected chi connectivity index (χ2v) is 4.40. The van der Waals surface area contributed by atoms with Crippen LogP contribution in [-0.2, 0) is 0 Å². The molecule has 0 spiro atoms. The summed E-state index contributed by atoms with van der Waals surface area (Å²) >= 11 is 0. The molecule has 2 nitrogen and oxygen atoms in total. The third-order valence-corrected chi connectivity index (χ3v) is 2.88. The van der Waals surface area contributed by atoms with Gasteiger partial charge in [0.1, 0.15) is 0 Å². The van der Waals surface area contributed by atoms with Gasteiger partial charge in [0.25, 0.3) is 5.78 Å². The van der Waals surface area contributed by atoms with Crippen molar-refractivity contribution in [1.82, 2.24) is 0 Å². The molecular weight excluding hydrogens is 255 g/mol. The summed E-state index contributed by atoms with van der Waals surface area (Å²) in [4.78, 5) is 13.2. The molecule has 100 valence electrons. The molecule has 2 aromatic rings. The van der Waals surface area contributed by atoms with E-state index >= 15 is 0 Å². The zero-order chi connectivity index (χ0) is 14.2. The number of anilines is 1. The van der Waals surface area contributed by atoms with E-state index in [1.807, 2.05) is 0 Å². The zero-order valence-electron chi connectivity index (χ0n) is 10.5. The Morgan fingerprint density at radius 1 is 1.00 bits per heavy atom. The number of carbonyl (C=O) groups is 1. The van der Waals surface area contributed by atoms with Crippen molar-refractivity contribution in [2.45, 2.75) is 6.18 Å². The Bertz CT molecular complexity index is 632. The van der Waals surface area contributed by atoms with Crippen LogP contribution in [0.5, 0.6) is 0 Å². The van der Waals surface area contributed by atoms with E-state index in [-0.39, 0.29) is 5.56 Å². The van der Waals surface area contributed by atoms with Crippen LogP contribution in [0.2, 0.25) is 0 Å². The number of fused-ring (bicyclic) bond motifs is 1. The van der Waals surface area contributed by atoms with Crippen LogP contribution in [0.1, 0.15) is 10.4 Å². The molecule has 0 N–H and O–H groups in total. The van der Waals surface area contributed by atoms with E-state index < -0.39 is 12.0 Å². The smallest absolute Gasteiger partial charge is 0.377 e. The first-order valence-corrected chi connectivity index (χ1v) is 5.63. The topological polar surface area (TPSA) is 20.3 Å². The molecule has 0 saturated heterocycles. The molecule has 0 aliphatic rings. The number of hydrogen-bond donors (Lipinski definition) is 0. The molecule has 0 amide bonds. The van der Waals surface area contributed by atoms with Crippen molar-refractivity contribution in [1.29, 1.82) is 0 Å². The lowest BCUT2D eigenvalue weighted by molar-refractivity contribution is -0.0884. The molecule has 0 fully saturated rings. The highest BCUT2D eigenvalue weighted by atomic mass is 19.4. The zero-order valence-corrected chi connectivity index (χ0v) is 10.5. The maximum Gasteiger partial charge on any atom is 0.454 e. The molecule has 0 atom stereocenters. The first-order valence-electron chi connectivity index (χ1n) is 5.63. The molecule has 0 heterocycles. The summed E-state index contributed by atoms with van der Waals surface area (Å²) in [6.07, 6.45) is -4.86. The lowest BCUT2D eigenvalue weighted by Gasteiger charge is -2.17. The lowest BCUT2D eigenvalue weighted by Crippen LogP contribution is -2.23. The van der Waals surface area contributed by atoms with E-state index in [4.69, 9.17) is 0 Å². The number of rotatable bonds is 2. The standard InChI is InChI=1S/C14H12F3NO/c1-18(2)12-8-7-11(13(19)14(15,16)17)9-5-3-4-6-10(9)12/h3-8H,1-2H3. The van der Waals surface area contributed by atoms with Gasteiger partial charge < -0.3 is 4.90 Å². The van der Waals surface area contributed by atoms with Crippen LogP contribution in [0, 0.1) is 0 Å². The molecule has 0 bridgehead atoms. The summed E-state index contributed by atoms with van der Waals surface area (Å²) in [5, 5.41) is 0.943. The maximum atomic E-state index is 12.6. The summed E-state index contributed by atoms with van der Waals surface area (Å²) in [6.45, 7) is 0. The molecule has 0 aromatic heterocycles. The first kappa shape index (κ1) is 13.4. The summed E-state index contributed by atoms with van der Waals surface area (Å²) in [5.74, 6) is -1.81. The van der Waals surface area contributed by atoms with E-state index in [1.54, 1.807) is 37.2 Å². The van der Waals surface area contributed by atoms with Gasteiger partial charge in [-0.2, -0.15) is 13.2 Å². The minimum atomic E-state index is -4.86. The largest absolute Gasteiger partial charge is 0.454 e. The predicted octanol–water partition coefficient (Wildman–Crippen LogP) is 3.65. The highest BCUT2D eigenvalue weighted by molar-refractivity contribution is 6.13. The van der Waals surface area contributed by atoms with Crippen LogP contribution in [-0.4, -0.2) is 26.1 Å². The third kappa shape index (κ3) is 2.41. The van der Waals surface area contributed by atoms with Crippen LogP contribution in [0.15, 0.2) is 36.4 Å². The van der Waals surface area contributed by atoms with Gasteiger partial charge >= 0.3 is 6.18 Å². The van der Waals surface area contributed by atoms with E-state index in [9.17, 15) is 18.0 Å². The summed E-state index contributed by atoms with van der Waals surface area (Å²) in [5.41, 5.74) is 0.461. The second-order valence-electron chi connectivity index (χ2n) is 4.40. The summed E-state index contributed by atoms with van der Waals surface area (Å²) in [7, 11) is 3.60. The lowest BCUT2D eigenvalue weighted by atomic mass is 9.99. The highest BCUT2D eigenvalue weighted by Gasteiger charge is 2.40. The number of alkyl halides is 3. The fourth-order valence-corrected chi connectivity index (χ4v) is 2.02. The number of nitrogens with zero attached hydrogens (tertiary/aromatic N) is 1. The Balaban J connectivity index is 2.73. The number of halogens is 3. The van der Waals surface area contributed by atoms with Crippen molar-refractivity contribution in [2.24, 2.45) is 0 Å². The van der Waals surface area contributed by atoms with E-state index in [1.165, 1.54) is 18.2 Å². The molecule has 2 aromatic carbocycles. The second kappa shape index (κ2) is 4.57. The summed E-state index contributed by atoms with van der Waals surface area (Å²) in [6, 6.07) is 9.35. The van der Waals surface area contributed by atoms with Crippen molar-refractivity contribution in [3.63, 3.8) is 0 Å². The average molecular weight is 267 g/mol. The number of ketones is 1. The first-order chi connectivity index (χ1) is 8.82. The number of carbonyl (C=O) groups excluding carboxylic acids is 1. The highest BCUT2D eigenvalue weighted by Crippen LogP contribution is 2.32. The van der Waals surface area contributed by atoms with Crippen molar-refractivity contribution in [2.75, 3.05) is 19.0 Å². The normalized spacial score (nSPS) is 11.6. The van der Waals surface area contributed by atoms with E-state index in [0.717, 1.165) is 5.69 Å². The van der Waals surface area contributed by atoms with Gasteiger partial charge in [-0.15, -0.1) is 0 Å². The van der Waals surface area contributed by atoms with Crippen LogP contribution in [0.4, 0.5) is 18.9 Å². The summed E-state index contributed by atoms with van der Waals surface area (Å²) < 4.78 is 37.7. The van der Waals surface area contributed by atoms with E-state index in [2.05, 4.69) is 0 Å². The van der Waals surface area contributed by atoms with Crippen molar-refractivity contribution >= 4 is 22.2 Å². The molecule has 0 aliphatic heterocycles. The third-order valence-electron chi connectivity index (χ3n) is 2.88. The Labute approximate surface area is 108 Å². The van der Waals surface area contributed by atoms with Crippen LogP contribution >= 0.6 is 0 Å². The van der Waals surface area contributed by atoms with Crippen molar-refractivity contribution in [3.8, 4) is 0 Å². The fraction of sp³-hybridized carbons (Fsp3) is 0.214. The minimum absolute atomic E-state index is 0.311. The van der Waals surface area contributed by atoms with Gasteiger partial charge in [-0.1, -0.05) is 24.3 Å². The van der Waals surface area contributed by atoms with Crippen LogP contribution in [0.3, 0.4) is 0 Å². The molecule has 0 unspecified atom stereocenters. The molecular formula is C14H12F3NO. The Morgan fingerprint density at radius 3 is 2.11 bits per heavy atom. The maximum absolute atomic E-state index is 12.6. The van der Waals surface area contributed by atoms with Gasteiger partial charge in [-0.25, -0.2) is 0 Å². The molecule has 5 heteroatoms. The number of hydrogen-bond acceptors (Lipinski definition) is 2. The van der Waals surface area contributed by atoms with Gasteiger partial charge in [-0.05, 0) is 17.5 Å². The fourth-order valence-electron chi connectivity index (χ4n) is 2.02. The minimum Gasteiger partial charge on any atom is -0.377 e. The molecule has 0 aliphatic carbocycles.